The van der Waals surface area contributed by atoms with Crippen LogP contribution >= 0.6 is 11.3 Å². The van der Waals surface area contributed by atoms with Crippen LogP contribution in [0.25, 0.3) is 11.3 Å². The molecule has 1 N–H and O–H groups in total. The molecular weight excluding hydrogens is 418 g/mol. The summed E-state index contributed by atoms with van der Waals surface area (Å²) in [4.78, 5) is 17.0. The normalized spacial score (nSPS) is 15.8. The predicted octanol–water partition coefficient (Wildman–Crippen LogP) is 4.01. The minimum Gasteiger partial charge on any atom is -0.325 e. The molecule has 8 heteroatoms. The van der Waals surface area contributed by atoms with Crippen molar-refractivity contribution < 1.29 is 13.2 Å². The fourth-order valence-electron chi connectivity index (χ4n) is 3.84. The summed E-state index contributed by atoms with van der Waals surface area (Å²) in [7, 11) is -3.31. The molecule has 0 bridgehead atoms. The highest BCUT2D eigenvalue weighted by Gasteiger charge is 2.32. The summed E-state index contributed by atoms with van der Waals surface area (Å²) in [5.41, 5.74) is 5.28. The average Bonchev–Trinajstić information content (AvgIpc) is 3.25. The minimum absolute atomic E-state index is 0.0959. The number of thiazole rings is 1. The largest absolute Gasteiger partial charge is 0.325 e. The lowest BCUT2D eigenvalue weighted by Crippen LogP contribution is -2.34. The number of carbonyl (C=O) groups excluding carboxylic acids is 1. The maximum absolute atomic E-state index is 12.4. The number of nitrogens with zero attached hydrogens (tertiary/aromatic N) is 2. The van der Waals surface area contributed by atoms with Gasteiger partial charge >= 0.3 is 0 Å². The van der Waals surface area contributed by atoms with Gasteiger partial charge in [0.2, 0.25) is 15.9 Å². The van der Waals surface area contributed by atoms with Gasteiger partial charge in [-0.3, -0.25) is 9.10 Å². The third-order valence-corrected chi connectivity index (χ3v) is 7.29. The summed E-state index contributed by atoms with van der Waals surface area (Å²) in [6.07, 6.45) is 2.12. The number of anilines is 2. The summed E-state index contributed by atoms with van der Waals surface area (Å²) in [5, 5.41) is 5.60. The zero-order valence-electron chi connectivity index (χ0n) is 17.0. The molecule has 30 heavy (non-hydrogen) atoms. The molecule has 1 aliphatic heterocycles. The minimum atomic E-state index is -3.31. The van der Waals surface area contributed by atoms with Crippen LogP contribution in [0.2, 0.25) is 0 Å². The molecule has 0 saturated carbocycles. The Labute approximate surface area is 180 Å². The van der Waals surface area contributed by atoms with Crippen LogP contribution in [-0.4, -0.2) is 31.6 Å². The van der Waals surface area contributed by atoms with Crippen LogP contribution in [0.4, 0.5) is 11.4 Å². The predicted molar refractivity (Wildman–Crippen MR) is 122 cm³/mol. The standard InChI is InChI=1S/C22H23N3O3S2/c1-14-6-4-5-7-18(14)23-21(26)12-22-24-19(13-29-22)16-8-9-20-17(11-16)10-15(2)25(20)30(3,27)28/h4-9,11,13,15H,10,12H2,1-3H3,(H,23,26). The fourth-order valence-corrected chi connectivity index (χ4v) is 5.90. The van der Waals surface area contributed by atoms with E-state index in [2.05, 4.69) is 10.3 Å². The highest BCUT2D eigenvalue weighted by Crippen LogP contribution is 2.37. The van der Waals surface area contributed by atoms with E-state index in [1.807, 2.05) is 61.7 Å². The molecule has 1 amide bonds. The monoisotopic (exact) mass is 441 g/mol. The quantitative estimate of drug-likeness (QED) is 0.649. The third-order valence-electron chi connectivity index (χ3n) is 5.17. The van der Waals surface area contributed by atoms with Crippen LogP contribution in [0.5, 0.6) is 0 Å². The number of nitrogens with one attached hydrogen (secondary N) is 1. The first-order valence-corrected chi connectivity index (χ1v) is 12.4. The second kappa shape index (κ2) is 7.85. The van der Waals surface area contributed by atoms with Gasteiger partial charge in [-0.1, -0.05) is 24.3 Å². The van der Waals surface area contributed by atoms with Gasteiger partial charge in [-0.2, -0.15) is 0 Å². The third kappa shape index (κ3) is 4.11. The van der Waals surface area contributed by atoms with Crippen LogP contribution in [-0.2, 0) is 27.7 Å². The van der Waals surface area contributed by atoms with Crippen molar-refractivity contribution in [3.05, 3.63) is 64.0 Å². The Morgan fingerprint density at radius 2 is 2.03 bits per heavy atom. The lowest BCUT2D eigenvalue weighted by atomic mass is 10.1. The van der Waals surface area contributed by atoms with Gasteiger partial charge in [-0.25, -0.2) is 13.4 Å². The van der Waals surface area contributed by atoms with Gasteiger partial charge in [0.15, 0.2) is 0 Å². The Hall–Kier alpha value is -2.71. The van der Waals surface area contributed by atoms with Crippen molar-refractivity contribution >= 4 is 38.6 Å². The van der Waals surface area contributed by atoms with E-state index in [1.165, 1.54) is 21.9 Å². The molecule has 4 rings (SSSR count). The Morgan fingerprint density at radius 3 is 2.77 bits per heavy atom. The number of hydrogen-bond acceptors (Lipinski definition) is 5. The van der Waals surface area contributed by atoms with Crippen molar-refractivity contribution in [2.45, 2.75) is 32.7 Å². The number of carbonyl (C=O) groups is 1. The molecule has 2 aromatic carbocycles. The van der Waals surface area contributed by atoms with E-state index >= 15 is 0 Å². The van der Waals surface area contributed by atoms with Crippen molar-refractivity contribution in [3.63, 3.8) is 0 Å². The van der Waals surface area contributed by atoms with Gasteiger partial charge in [-0.15, -0.1) is 11.3 Å². The van der Waals surface area contributed by atoms with Crippen LogP contribution in [0.1, 0.15) is 23.1 Å². The van der Waals surface area contributed by atoms with Gasteiger partial charge < -0.3 is 5.32 Å². The highest BCUT2D eigenvalue weighted by molar-refractivity contribution is 7.92. The molecule has 0 saturated heterocycles. The van der Waals surface area contributed by atoms with E-state index in [0.717, 1.165) is 38.8 Å². The molecule has 1 unspecified atom stereocenters. The molecule has 1 aliphatic rings. The van der Waals surface area contributed by atoms with E-state index in [0.29, 0.717) is 6.42 Å². The van der Waals surface area contributed by atoms with Gasteiger partial charge in [0.05, 0.1) is 24.1 Å². The molecule has 3 aromatic rings. The van der Waals surface area contributed by atoms with E-state index in [4.69, 9.17) is 0 Å². The molecule has 156 valence electrons. The smallest absolute Gasteiger partial charge is 0.232 e. The first kappa shape index (κ1) is 20.6. The molecule has 0 radical (unpaired) electrons. The van der Waals surface area contributed by atoms with Crippen molar-refractivity contribution in [2.75, 3.05) is 15.9 Å². The Kier molecular flexibility index (Phi) is 5.38. The van der Waals surface area contributed by atoms with Crippen LogP contribution in [0, 0.1) is 6.92 Å². The van der Waals surface area contributed by atoms with Crippen molar-refractivity contribution in [1.29, 1.82) is 0 Å². The fraction of sp³-hybridized carbons (Fsp3) is 0.273. The van der Waals surface area contributed by atoms with Crippen molar-refractivity contribution in [2.24, 2.45) is 0 Å². The number of para-hydroxylation sites is 1. The van der Waals surface area contributed by atoms with Gasteiger partial charge in [0.25, 0.3) is 0 Å². The number of amides is 1. The number of rotatable bonds is 5. The van der Waals surface area contributed by atoms with Gasteiger partial charge in [0, 0.05) is 22.7 Å². The zero-order valence-corrected chi connectivity index (χ0v) is 18.7. The summed E-state index contributed by atoms with van der Waals surface area (Å²) < 4.78 is 25.7. The Balaban J connectivity index is 1.50. The summed E-state index contributed by atoms with van der Waals surface area (Å²) in [6, 6.07) is 13.3. The summed E-state index contributed by atoms with van der Waals surface area (Å²) in [5.74, 6) is -0.100. The Bertz CT molecular complexity index is 1220. The molecule has 0 aliphatic carbocycles. The molecule has 1 aromatic heterocycles. The number of benzene rings is 2. The molecule has 1 atom stereocenters. The number of hydrogen-bond donors (Lipinski definition) is 1. The average molecular weight is 442 g/mol. The molecule has 2 heterocycles. The van der Waals surface area contributed by atoms with Crippen molar-refractivity contribution in [1.82, 2.24) is 4.98 Å². The lowest BCUT2D eigenvalue weighted by molar-refractivity contribution is -0.115. The van der Waals surface area contributed by atoms with E-state index < -0.39 is 10.0 Å². The van der Waals surface area contributed by atoms with Gasteiger partial charge in [-0.05, 0) is 49.6 Å². The molecule has 6 nitrogen and oxygen atoms in total. The number of sulfonamides is 1. The molecule has 0 fully saturated rings. The summed E-state index contributed by atoms with van der Waals surface area (Å²) in [6.45, 7) is 3.87. The van der Waals surface area contributed by atoms with E-state index in [9.17, 15) is 13.2 Å². The van der Waals surface area contributed by atoms with E-state index in [1.54, 1.807) is 0 Å². The van der Waals surface area contributed by atoms with Crippen molar-refractivity contribution in [3.8, 4) is 11.3 Å². The first-order chi connectivity index (χ1) is 14.2. The second-order valence-electron chi connectivity index (χ2n) is 7.62. The number of aromatic nitrogens is 1. The van der Waals surface area contributed by atoms with Crippen LogP contribution < -0.4 is 9.62 Å². The first-order valence-electron chi connectivity index (χ1n) is 9.65. The van der Waals surface area contributed by atoms with Crippen LogP contribution in [0.15, 0.2) is 47.8 Å². The molecule has 0 spiro atoms. The van der Waals surface area contributed by atoms with Gasteiger partial charge in [0.1, 0.15) is 5.01 Å². The topological polar surface area (TPSA) is 79.4 Å². The maximum atomic E-state index is 12.4. The molecular formula is C22H23N3O3S2. The van der Waals surface area contributed by atoms with Crippen LogP contribution in [0.3, 0.4) is 0 Å². The SMILES string of the molecule is Cc1ccccc1NC(=O)Cc1nc(-c2ccc3c(c2)CC(C)N3S(C)(=O)=O)cs1. The summed E-state index contributed by atoms with van der Waals surface area (Å²) >= 11 is 1.45. The number of aryl methyl sites for hydroxylation is 1. The highest BCUT2D eigenvalue weighted by atomic mass is 32.2. The Morgan fingerprint density at radius 1 is 1.27 bits per heavy atom. The number of fused-ring (bicyclic) bond motifs is 1. The lowest BCUT2D eigenvalue weighted by Gasteiger charge is -2.21. The maximum Gasteiger partial charge on any atom is 0.232 e. The van der Waals surface area contributed by atoms with E-state index in [-0.39, 0.29) is 18.4 Å². The zero-order chi connectivity index (χ0) is 21.5. The second-order valence-corrected chi connectivity index (χ2v) is 10.4.